The number of rotatable bonds is 5. The molecule has 2 aromatic rings. The van der Waals surface area contributed by atoms with Gasteiger partial charge in [-0.3, -0.25) is 19.3 Å². The number of benzene rings is 2. The van der Waals surface area contributed by atoms with Gasteiger partial charge in [0.25, 0.3) is 11.8 Å². The third-order valence-electron chi connectivity index (χ3n) is 4.42. The summed E-state index contributed by atoms with van der Waals surface area (Å²) < 4.78 is 5.06. The molecular weight excluding hydrogens is 374 g/mol. The maximum atomic E-state index is 12.9. The minimum Gasteiger partial charge on any atom is -0.442 e. The number of ether oxygens (including phenoxy) is 1. The molecule has 3 rings (SSSR count). The van der Waals surface area contributed by atoms with Gasteiger partial charge in [0.05, 0.1) is 13.2 Å². The highest BCUT2D eigenvalue weighted by molar-refractivity contribution is 6.26. The van der Waals surface area contributed by atoms with E-state index in [1.807, 2.05) is 31.1 Å². The van der Waals surface area contributed by atoms with E-state index in [2.05, 4.69) is 5.48 Å². The summed E-state index contributed by atoms with van der Waals surface area (Å²) in [5, 5.41) is 1.52. The second-order valence-electron chi connectivity index (χ2n) is 7.97. The van der Waals surface area contributed by atoms with E-state index in [-0.39, 0.29) is 25.0 Å². The molecule has 2 aromatic carbocycles. The monoisotopic (exact) mass is 399 g/mol. The summed E-state index contributed by atoms with van der Waals surface area (Å²) in [6.07, 6.45) is -0.736. The van der Waals surface area contributed by atoms with Gasteiger partial charge >= 0.3 is 6.09 Å². The van der Waals surface area contributed by atoms with E-state index in [1.54, 1.807) is 39.0 Å². The van der Waals surface area contributed by atoms with Crippen LogP contribution in [0, 0.1) is 0 Å². The molecular formula is C21H25N3O5. The van der Waals surface area contributed by atoms with Crippen LogP contribution in [0.3, 0.4) is 0 Å². The van der Waals surface area contributed by atoms with Gasteiger partial charge in [-0.05, 0) is 39.0 Å². The summed E-state index contributed by atoms with van der Waals surface area (Å²) in [7, 11) is 3.83. The van der Waals surface area contributed by atoms with E-state index < -0.39 is 11.7 Å². The van der Waals surface area contributed by atoms with Crippen molar-refractivity contribution in [1.82, 2.24) is 10.4 Å². The van der Waals surface area contributed by atoms with Crippen molar-refractivity contribution in [3.05, 3.63) is 41.5 Å². The Labute approximate surface area is 169 Å². The van der Waals surface area contributed by atoms with Crippen LogP contribution in [0.1, 0.15) is 41.5 Å². The smallest absolute Gasteiger partial charge is 0.431 e. The molecule has 0 aromatic heterocycles. The highest BCUT2D eigenvalue weighted by Crippen LogP contribution is 2.35. The fourth-order valence-corrected chi connectivity index (χ4v) is 3.27. The normalized spacial score (nSPS) is 13.6. The summed E-state index contributed by atoms with van der Waals surface area (Å²) in [6, 6.07) is 9.03. The quantitative estimate of drug-likeness (QED) is 0.472. The third kappa shape index (κ3) is 4.17. The minimum atomic E-state index is -0.736. The number of imide groups is 1. The Bertz CT molecular complexity index is 956. The molecule has 29 heavy (non-hydrogen) atoms. The average molecular weight is 399 g/mol. The van der Waals surface area contributed by atoms with E-state index in [1.165, 1.54) is 0 Å². The van der Waals surface area contributed by atoms with Gasteiger partial charge in [-0.25, -0.2) is 4.79 Å². The van der Waals surface area contributed by atoms with Crippen LogP contribution < -0.4 is 10.4 Å². The highest BCUT2D eigenvalue weighted by Gasteiger charge is 2.33. The SMILES string of the molecule is CN(C)c1ccc2c3c(cccc13)C(=O)N(CCONC(=O)OC(C)(C)C)C2=O. The summed E-state index contributed by atoms with van der Waals surface area (Å²) in [6.45, 7) is 5.14. The Kier molecular flexibility index (Phi) is 5.48. The van der Waals surface area contributed by atoms with Crippen molar-refractivity contribution in [2.75, 3.05) is 32.1 Å². The Morgan fingerprint density at radius 2 is 1.72 bits per heavy atom. The minimum absolute atomic E-state index is 0.00127. The molecule has 1 aliphatic rings. The van der Waals surface area contributed by atoms with Crippen LogP contribution in [0.4, 0.5) is 10.5 Å². The summed E-state index contributed by atoms with van der Waals surface area (Å²) in [4.78, 5) is 45.6. The number of nitrogens with one attached hydrogen (secondary N) is 1. The predicted octanol–water partition coefficient (Wildman–Crippen LogP) is 2.96. The number of carbonyl (C=O) groups excluding carboxylic acids is 3. The molecule has 0 aliphatic carbocycles. The first-order valence-corrected chi connectivity index (χ1v) is 9.30. The second-order valence-corrected chi connectivity index (χ2v) is 7.97. The Hall–Kier alpha value is -3.13. The van der Waals surface area contributed by atoms with Gasteiger partial charge in [-0.2, -0.15) is 5.48 Å². The van der Waals surface area contributed by atoms with Gasteiger partial charge in [0, 0.05) is 41.7 Å². The molecule has 154 valence electrons. The molecule has 8 heteroatoms. The Morgan fingerprint density at radius 1 is 1.07 bits per heavy atom. The molecule has 1 aliphatic heterocycles. The topological polar surface area (TPSA) is 88.2 Å². The molecule has 0 saturated carbocycles. The van der Waals surface area contributed by atoms with Crippen molar-refractivity contribution in [2.45, 2.75) is 26.4 Å². The molecule has 1 heterocycles. The van der Waals surface area contributed by atoms with Gasteiger partial charge < -0.3 is 9.64 Å². The summed E-state index contributed by atoms with van der Waals surface area (Å²) >= 11 is 0. The van der Waals surface area contributed by atoms with Crippen LogP contribution in [-0.4, -0.2) is 55.7 Å². The second kappa shape index (κ2) is 7.71. The molecule has 3 amide bonds. The molecule has 0 fully saturated rings. The summed E-state index contributed by atoms with van der Waals surface area (Å²) in [5.74, 6) is -0.769. The van der Waals surface area contributed by atoms with Gasteiger partial charge in [0.2, 0.25) is 0 Å². The lowest BCUT2D eigenvalue weighted by Crippen LogP contribution is -2.43. The van der Waals surface area contributed by atoms with Crippen molar-refractivity contribution in [1.29, 1.82) is 0 Å². The van der Waals surface area contributed by atoms with Crippen LogP contribution in [0.25, 0.3) is 10.8 Å². The number of hydroxylamine groups is 1. The molecule has 0 unspecified atom stereocenters. The number of hydrogen-bond donors (Lipinski definition) is 1. The molecule has 0 spiro atoms. The van der Waals surface area contributed by atoms with Crippen molar-refractivity contribution in [3.8, 4) is 0 Å². The number of hydrogen-bond acceptors (Lipinski definition) is 6. The van der Waals surface area contributed by atoms with E-state index in [4.69, 9.17) is 9.57 Å². The lowest BCUT2D eigenvalue weighted by molar-refractivity contribution is -0.0110. The van der Waals surface area contributed by atoms with Crippen molar-refractivity contribution in [2.24, 2.45) is 0 Å². The number of nitrogens with zero attached hydrogens (tertiary/aromatic N) is 2. The molecule has 1 N–H and O–H groups in total. The third-order valence-corrected chi connectivity index (χ3v) is 4.42. The fraction of sp³-hybridized carbons (Fsp3) is 0.381. The first-order valence-electron chi connectivity index (χ1n) is 9.30. The van der Waals surface area contributed by atoms with Crippen molar-refractivity contribution < 1.29 is 24.0 Å². The van der Waals surface area contributed by atoms with Crippen molar-refractivity contribution >= 4 is 34.4 Å². The maximum absolute atomic E-state index is 12.9. The van der Waals surface area contributed by atoms with Crippen LogP contribution in [-0.2, 0) is 9.57 Å². The van der Waals surface area contributed by atoms with Gasteiger partial charge in [0.1, 0.15) is 5.60 Å². The first kappa shape index (κ1) is 20.6. The van der Waals surface area contributed by atoms with Crippen LogP contribution >= 0.6 is 0 Å². The first-order chi connectivity index (χ1) is 13.6. The number of carbonyl (C=O) groups is 3. The molecule has 0 radical (unpaired) electrons. The lowest BCUT2D eigenvalue weighted by Gasteiger charge is -2.28. The van der Waals surface area contributed by atoms with Crippen LogP contribution in [0.5, 0.6) is 0 Å². The Morgan fingerprint density at radius 3 is 2.34 bits per heavy atom. The van der Waals surface area contributed by atoms with E-state index >= 15 is 0 Å². The highest BCUT2D eigenvalue weighted by atomic mass is 16.7. The summed E-state index contributed by atoms with van der Waals surface area (Å²) in [5.41, 5.74) is 3.38. The van der Waals surface area contributed by atoms with Gasteiger partial charge in [-0.15, -0.1) is 0 Å². The predicted molar refractivity (Wildman–Crippen MR) is 109 cm³/mol. The van der Waals surface area contributed by atoms with Crippen LogP contribution in [0.15, 0.2) is 30.3 Å². The zero-order valence-electron chi connectivity index (χ0n) is 17.2. The Balaban J connectivity index is 1.75. The lowest BCUT2D eigenvalue weighted by atomic mass is 9.93. The standard InChI is InChI=1S/C21H25N3O5/c1-21(2,3)29-20(27)22-28-12-11-24-18(25)14-8-6-7-13-16(23(4)5)10-9-15(17(13)14)19(24)26/h6-10H,11-12H2,1-5H3,(H,22,27). The van der Waals surface area contributed by atoms with E-state index in [0.29, 0.717) is 16.5 Å². The molecule has 0 atom stereocenters. The van der Waals surface area contributed by atoms with E-state index in [9.17, 15) is 14.4 Å². The average Bonchev–Trinajstić information content (AvgIpc) is 2.63. The number of anilines is 1. The molecule has 8 nitrogen and oxygen atoms in total. The fourth-order valence-electron chi connectivity index (χ4n) is 3.27. The largest absolute Gasteiger partial charge is 0.442 e. The zero-order chi connectivity index (χ0) is 21.3. The maximum Gasteiger partial charge on any atom is 0.431 e. The van der Waals surface area contributed by atoms with Crippen molar-refractivity contribution in [3.63, 3.8) is 0 Å². The van der Waals surface area contributed by atoms with Crippen LogP contribution in [0.2, 0.25) is 0 Å². The van der Waals surface area contributed by atoms with Gasteiger partial charge in [0.15, 0.2) is 0 Å². The van der Waals surface area contributed by atoms with E-state index in [0.717, 1.165) is 16.0 Å². The molecule has 0 saturated heterocycles. The zero-order valence-corrected chi connectivity index (χ0v) is 17.2. The number of amides is 3. The van der Waals surface area contributed by atoms with Gasteiger partial charge in [-0.1, -0.05) is 12.1 Å². The molecule has 0 bridgehead atoms.